The highest BCUT2D eigenvalue weighted by Crippen LogP contribution is 2.55. The highest BCUT2D eigenvalue weighted by atomic mass is 14.9. The van der Waals surface area contributed by atoms with E-state index in [0.717, 1.165) is 24.4 Å². The van der Waals surface area contributed by atoms with E-state index < -0.39 is 0 Å². The third kappa shape index (κ3) is 2.25. The maximum absolute atomic E-state index is 3.67. The molecule has 76 valence electrons. The van der Waals surface area contributed by atoms with Gasteiger partial charge in [0.25, 0.3) is 0 Å². The van der Waals surface area contributed by atoms with Gasteiger partial charge in [0, 0.05) is 6.04 Å². The Bertz CT molecular complexity index is 182. The molecule has 2 atom stereocenters. The lowest BCUT2D eigenvalue weighted by Crippen LogP contribution is -2.32. The SMILES string of the molecule is CCNC(CC1CC1)C1CC1(C)C. The standard InChI is InChI=1S/C12H23N/c1-4-13-11(7-9-5-6-9)10-8-12(10,2)3/h9-11,13H,4-8H2,1-3H3. The van der Waals surface area contributed by atoms with Gasteiger partial charge in [0.05, 0.1) is 0 Å². The van der Waals surface area contributed by atoms with E-state index in [0.29, 0.717) is 5.41 Å². The molecule has 2 saturated carbocycles. The van der Waals surface area contributed by atoms with Crippen LogP contribution in [0.4, 0.5) is 0 Å². The molecule has 2 fully saturated rings. The predicted molar refractivity (Wildman–Crippen MR) is 56.7 cm³/mol. The molecule has 0 aromatic heterocycles. The lowest BCUT2D eigenvalue weighted by atomic mass is 9.99. The molecular formula is C12H23N. The Balaban J connectivity index is 1.82. The number of hydrogen-bond acceptors (Lipinski definition) is 1. The lowest BCUT2D eigenvalue weighted by molar-refractivity contribution is 0.377. The van der Waals surface area contributed by atoms with Crippen LogP contribution in [0.5, 0.6) is 0 Å². The summed E-state index contributed by atoms with van der Waals surface area (Å²) < 4.78 is 0. The molecule has 2 aliphatic carbocycles. The lowest BCUT2D eigenvalue weighted by Gasteiger charge is -2.19. The maximum Gasteiger partial charge on any atom is 0.0103 e. The Morgan fingerprint density at radius 2 is 2.00 bits per heavy atom. The molecule has 0 radical (unpaired) electrons. The van der Waals surface area contributed by atoms with Crippen molar-refractivity contribution < 1.29 is 0 Å². The topological polar surface area (TPSA) is 12.0 Å². The molecule has 2 rings (SSSR count). The van der Waals surface area contributed by atoms with Gasteiger partial charge in [-0.15, -0.1) is 0 Å². The highest BCUT2D eigenvalue weighted by Gasteiger charge is 2.50. The summed E-state index contributed by atoms with van der Waals surface area (Å²) in [5.74, 6) is 2.04. The van der Waals surface area contributed by atoms with Crippen molar-refractivity contribution in [3.8, 4) is 0 Å². The minimum Gasteiger partial charge on any atom is -0.314 e. The van der Waals surface area contributed by atoms with Crippen LogP contribution in [0.2, 0.25) is 0 Å². The predicted octanol–water partition coefficient (Wildman–Crippen LogP) is 2.81. The second-order valence-corrected chi connectivity index (χ2v) is 5.64. The molecule has 0 amide bonds. The average molecular weight is 181 g/mol. The molecule has 0 saturated heterocycles. The van der Waals surface area contributed by atoms with Gasteiger partial charge in [0.1, 0.15) is 0 Å². The summed E-state index contributed by atoms with van der Waals surface area (Å²) in [7, 11) is 0. The molecule has 0 aromatic carbocycles. The van der Waals surface area contributed by atoms with Crippen molar-refractivity contribution in [1.82, 2.24) is 5.32 Å². The van der Waals surface area contributed by atoms with Crippen LogP contribution in [0.1, 0.15) is 46.5 Å². The van der Waals surface area contributed by atoms with Crippen molar-refractivity contribution in [1.29, 1.82) is 0 Å². The van der Waals surface area contributed by atoms with Crippen LogP contribution in [0, 0.1) is 17.3 Å². The molecule has 1 N–H and O–H groups in total. The van der Waals surface area contributed by atoms with Crippen molar-refractivity contribution >= 4 is 0 Å². The molecule has 0 bridgehead atoms. The van der Waals surface area contributed by atoms with E-state index in [4.69, 9.17) is 0 Å². The number of rotatable bonds is 5. The first kappa shape index (κ1) is 9.51. The molecular weight excluding hydrogens is 158 g/mol. The van der Waals surface area contributed by atoms with Crippen molar-refractivity contribution in [2.24, 2.45) is 17.3 Å². The zero-order valence-electron chi connectivity index (χ0n) is 9.27. The number of nitrogens with one attached hydrogen (secondary N) is 1. The average Bonchev–Trinajstić information content (AvgIpc) is 2.89. The molecule has 0 aromatic rings. The van der Waals surface area contributed by atoms with E-state index in [9.17, 15) is 0 Å². The van der Waals surface area contributed by atoms with Gasteiger partial charge in [-0.3, -0.25) is 0 Å². The third-order valence-corrected chi connectivity index (χ3v) is 3.83. The Morgan fingerprint density at radius 1 is 1.38 bits per heavy atom. The second kappa shape index (κ2) is 3.27. The smallest absolute Gasteiger partial charge is 0.0103 e. The Morgan fingerprint density at radius 3 is 2.38 bits per heavy atom. The molecule has 13 heavy (non-hydrogen) atoms. The zero-order valence-corrected chi connectivity index (χ0v) is 9.27. The van der Waals surface area contributed by atoms with Gasteiger partial charge in [-0.1, -0.05) is 33.6 Å². The van der Waals surface area contributed by atoms with Gasteiger partial charge < -0.3 is 5.32 Å². The van der Waals surface area contributed by atoms with Crippen molar-refractivity contribution in [3.63, 3.8) is 0 Å². The van der Waals surface area contributed by atoms with Gasteiger partial charge in [0.2, 0.25) is 0 Å². The first-order valence-corrected chi connectivity index (χ1v) is 5.87. The minimum absolute atomic E-state index is 0.641. The molecule has 0 heterocycles. The van der Waals surface area contributed by atoms with Crippen LogP contribution in [-0.4, -0.2) is 12.6 Å². The van der Waals surface area contributed by atoms with Crippen molar-refractivity contribution in [2.75, 3.05) is 6.54 Å². The zero-order chi connectivity index (χ0) is 9.47. The largest absolute Gasteiger partial charge is 0.314 e. The summed E-state index contributed by atoms with van der Waals surface area (Å²) >= 11 is 0. The Labute approximate surface area is 82.3 Å². The van der Waals surface area contributed by atoms with Crippen LogP contribution in [0.15, 0.2) is 0 Å². The first-order valence-electron chi connectivity index (χ1n) is 5.87. The number of hydrogen-bond donors (Lipinski definition) is 1. The molecule has 1 nitrogen and oxygen atoms in total. The van der Waals surface area contributed by atoms with Crippen LogP contribution in [-0.2, 0) is 0 Å². The second-order valence-electron chi connectivity index (χ2n) is 5.64. The summed E-state index contributed by atoms with van der Waals surface area (Å²) in [5.41, 5.74) is 0.641. The molecule has 1 heteroatoms. The summed E-state index contributed by atoms with van der Waals surface area (Å²) in [4.78, 5) is 0. The van der Waals surface area contributed by atoms with E-state index in [1.807, 2.05) is 0 Å². The van der Waals surface area contributed by atoms with Crippen LogP contribution in [0.3, 0.4) is 0 Å². The summed E-state index contributed by atoms with van der Waals surface area (Å²) in [5, 5.41) is 3.67. The Kier molecular flexibility index (Phi) is 2.39. The molecule has 0 aliphatic heterocycles. The van der Waals surface area contributed by atoms with Crippen molar-refractivity contribution in [2.45, 2.75) is 52.5 Å². The monoisotopic (exact) mass is 181 g/mol. The summed E-state index contributed by atoms with van der Waals surface area (Å²) in [6, 6.07) is 0.826. The maximum atomic E-state index is 3.67. The normalized spacial score (nSPS) is 33.0. The van der Waals surface area contributed by atoms with E-state index in [1.165, 1.54) is 25.7 Å². The molecule has 2 aliphatic rings. The fraction of sp³-hybridized carbons (Fsp3) is 1.00. The van der Waals surface area contributed by atoms with Gasteiger partial charge in [-0.25, -0.2) is 0 Å². The fourth-order valence-corrected chi connectivity index (χ4v) is 2.56. The van der Waals surface area contributed by atoms with E-state index in [-0.39, 0.29) is 0 Å². The van der Waals surface area contributed by atoms with Gasteiger partial charge in [0.15, 0.2) is 0 Å². The van der Waals surface area contributed by atoms with E-state index in [1.54, 1.807) is 0 Å². The fourth-order valence-electron chi connectivity index (χ4n) is 2.56. The van der Waals surface area contributed by atoms with Gasteiger partial charge >= 0.3 is 0 Å². The van der Waals surface area contributed by atoms with Gasteiger partial charge in [-0.05, 0) is 36.6 Å². The van der Waals surface area contributed by atoms with Gasteiger partial charge in [-0.2, -0.15) is 0 Å². The van der Waals surface area contributed by atoms with Crippen molar-refractivity contribution in [3.05, 3.63) is 0 Å². The quantitative estimate of drug-likeness (QED) is 0.687. The van der Waals surface area contributed by atoms with E-state index >= 15 is 0 Å². The first-order chi connectivity index (χ1) is 6.13. The molecule has 2 unspecified atom stereocenters. The summed E-state index contributed by atoms with van der Waals surface area (Å²) in [6.45, 7) is 8.20. The minimum atomic E-state index is 0.641. The summed E-state index contributed by atoms with van der Waals surface area (Å²) in [6.07, 6.45) is 5.88. The third-order valence-electron chi connectivity index (χ3n) is 3.83. The Hall–Kier alpha value is -0.0400. The highest BCUT2D eigenvalue weighted by molar-refractivity contribution is 5.02. The van der Waals surface area contributed by atoms with E-state index in [2.05, 4.69) is 26.1 Å². The van der Waals surface area contributed by atoms with Crippen LogP contribution in [0.25, 0.3) is 0 Å². The van der Waals surface area contributed by atoms with Crippen LogP contribution >= 0.6 is 0 Å². The molecule has 0 spiro atoms. The van der Waals surface area contributed by atoms with Crippen LogP contribution < -0.4 is 5.32 Å².